The first-order valence-corrected chi connectivity index (χ1v) is 6.49. The molecule has 1 rings (SSSR count). The molecule has 1 unspecified atom stereocenters. The molecule has 0 aliphatic carbocycles. The van der Waals surface area contributed by atoms with Crippen molar-refractivity contribution < 1.29 is 0 Å². The van der Waals surface area contributed by atoms with Gasteiger partial charge in [0.15, 0.2) is 0 Å². The normalized spacial score (nSPS) is 12.7. The zero-order valence-corrected chi connectivity index (χ0v) is 10.5. The van der Waals surface area contributed by atoms with Crippen molar-refractivity contribution in [3.05, 3.63) is 29.8 Å². The van der Waals surface area contributed by atoms with Gasteiger partial charge in [-0.3, -0.25) is 0 Å². The third kappa shape index (κ3) is 4.69. The van der Waals surface area contributed by atoms with Crippen LogP contribution in [0.15, 0.2) is 29.2 Å². The molecule has 0 aliphatic heterocycles. The van der Waals surface area contributed by atoms with Crippen molar-refractivity contribution in [1.29, 1.82) is 0 Å². The quantitative estimate of drug-likeness (QED) is 0.724. The Bertz CT molecular complexity index is 271. The predicted molar refractivity (Wildman–Crippen MR) is 68.5 cm³/mol. The van der Waals surface area contributed by atoms with Gasteiger partial charge in [-0.25, -0.2) is 0 Å². The maximum Gasteiger partial charge on any atom is 0.0208 e. The molecule has 15 heavy (non-hydrogen) atoms. The van der Waals surface area contributed by atoms with Gasteiger partial charge in [-0.1, -0.05) is 12.1 Å². The molecule has 1 aromatic carbocycles. The first kappa shape index (κ1) is 12.6. The van der Waals surface area contributed by atoms with Gasteiger partial charge in [0.2, 0.25) is 0 Å². The largest absolute Gasteiger partial charge is 0.318 e. The van der Waals surface area contributed by atoms with Crippen LogP contribution in [0.5, 0.6) is 0 Å². The Labute approximate surface area is 96.8 Å². The van der Waals surface area contributed by atoms with E-state index in [0.717, 1.165) is 13.1 Å². The van der Waals surface area contributed by atoms with Crippen molar-refractivity contribution >= 4 is 11.8 Å². The van der Waals surface area contributed by atoms with Gasteiger partial charge in [-0.05, 0) is 37.9 Å². The Kier molecular flexibility index (Phi) is 5.76. The smallest absolute Gasteiger partial charge is 0.0208 e. The number of benzene rings is 1. The first-order chi connectivity index (χ1) is 7.26. The average Bonchev–Trinajstić information content (AvgIpc) is 2.27. The zero-order chi connectivity index (χ0) is 11.1. The van der Waals surface area contributed by atoms with Gasteiger partial charge in [-0.15, -0.1) is 11.8 Å². The highest BCUT2D eigenvalue weighted by Crippen LogP contribution is 2.14. The summed E-state index contributed by atoms with van der Waals surface area (Å²) in [5.74, 6) is 0. The minimum atomic E-state index is 0.509. The predicted octanol–water partition coefficient (Wildman–Crippen LogP) is 2.11. The van der Waals surface area contributed by atoms with Crippen LogP contribution >= 0.6 is 11.8 Å². The maximum absolute atomic E-state index is 3.47. The van der Waals surface area contributed by atoms with Crippen LogP contribution in [-0.4, -0.2) is 25.9 Å². The summed E-state index contributed by atoms with van der Waals surface area (Å²) in [6.45, 7) is 4.13. The summed E-state index contributed by atoms with van der Waals surface area (Å²) in [5, 5.41) is 6.62. The average molecular weight is 224 g/mol. The number of hydrogen-bond donors (Lipinski definition) is 2. The van der Waals surface area contributed by atoms with Crippen molar-refractivity contribution in [2.75, 3.05) is 19.8 Å². The third-order valence-corrected chi connectivity index (χ3v) is 3.07. The second kappa shape index (κ2) is 6.88. The minimum absolute atomic E-state index is 0.509. The fourth-order valence-corrected chi connectivity index (χ4v) is 1.82. The summed E-state index contributed by atoms with van der Waals surface area (Å²) in [6.07, 6.45) is 2.10. The summed E-state index contributed by atoms with van der Waals surface area (Å²) in [6, 6.07) is 9.22. The molecular formula is C12H20N2S. The molecule has 0 spiro atoms. The summed E-state index contributed by atoms with van der Waals surface area (Å²) in [4.78, 5) is 1.32. The molecular weight excluding hydrogens is 204 g/mol. The Morgan fingerprint density at radius 2 is 1.93 bits per heavy atom. The highest BCUT2D eigenvalue weighted by Gasteiger charge is 1.99. The van der Waals surface area contributed by atoms with Crippen molar-refractivity contribution in [1.82, 2.24) is 10.6 Å². The van der Waals surface area contributed by atoms with E-state index in [-0.39, 0.29) is 0 Å². The number of hydrogen-bond acceptors (Lipinski definition) is 3. The summed E-state index contributed by atoms with van der Waals surface area (Å²) in [5.41, 5.74) is 1.34. The van der Waals surface area contributed by atoms with E-state index in [1.807, 2.05) is 7.05 Å². The van der Waals surface area contributed by atoms with Crippen LogP contribution in [0.3, 0.4) is 0 Å². The molecule has 0 bridgehead atoms. The van der Waals surface area contributed by atoms with E-state index >= 15 is 0 Å². The van der Waals surface area contributed by atoms with Gasteiger partial charge in [0, 0.05) is 24.0 Å². The molecule has 0 fully saturated rings. The second-order valence-electron chi connectivity index (χ2n) is 3.69. The van der Waals surface area contributed by atoms with Crippen LogP contribution in [0.25, 0.3) is 0 Å². The monoisotopic (exact) mass is 224 g/mol. The van der Waals surface area contributed by atoms with E-state index in [4.69, 9.17) is 0 Å². The molecule has 3 heteroatoms. The van der Waals surface area contributed by atoms with Gasteiger partial charge in [0.25, 0.3) is 0 Å². The molecule has 0 radical (unpaired) electrons. The van der Waals surface area contributed by atoms with Crippen LogP contribution in [0, 0.1) is 0 Å². The standard InChI is InChI=1S/C12H20N2S/c1-10(8-13-2)14-9-11-4-6-12(15-3)7-5-11/h4-7,10,13-14H,8-9H2,1-3H3. The van der Waals surface area contributed by atoms with E-state index in [2.05, 4.69) is 48.1 Å². The van der Waals surface area contributed by atoms with Gasteiger partial charge in [-0.2, -0.15) is 0 Å². The number of thioether (sulfide) groups is 1. The molecule has 2 N–H and O–H groups in total. The van der Waals surface area contributed by atoms with Crippen LogP contribution in [0.4, 0.5) is 0 Å². The van der Waals surface area contributed by atoms with Crippen molar-refractivity contribution in [2.45, 2.75) is 24.4 Å². The van der Waals surface area contributed by atoms with E-state index in [0.29, 0.717) is 6.04 Å². The Balaban J connectivity index is 2.37. The van der Waals surface area contributed by atoms with E-state index in [9.17, 15) is 0 Å². The van der Waals surface area contributed by atoms with Crippen molar-refractivity contribution in [2.24, 2.45) is 0 Å². The van der Waals surface area contributed by atoms with Crippen LogP contribution in [-0.2, 0) is 6.54 Å². The Hall–Kier alpha value is -0.510. The molecule has 0 amide bonds. The fraction of sp³-hybridized carbons (Fsp3) is 0.500. The maximum atomic E-state index is 3.47. The molecule has 1 aromatic rings. The van der Waals surface area contributed by atoms with Gasteiger partial charge in [0.1, 0.15) is 0 Å². The molecule has 0 saturated heterocycles. The fourth-order valence-electron chi connectivity index (χ4n) is 1.41. The molecule has 84 valence electrons. The molecule has 0 aliphatic rings. The molecule has 0 heterocycles. The van der Waals surface area contributed by atoms with Crippen LogP contribution in [0.2, 0.25) is 0 Å². The van der Waals surface area contributed by atoms with E-state index in [1.165, 1.54) is 10.5 Å². The summed E-state index contributed by atoms with van der Waals surface area (Å²) >= 11 is 1.78. The van der Waals surface area contributed by atoms with Crippen LogP contribution in [0.1, 0.15) is 12.5 Å². The summed E-state index contributed by atoms with van der Waals surface area (Å²) in [7, 11) is 1.98. The molecule has 1 atom stereocenters. The molecule has 0 saturated carbocycles. The lowest BCUT2D eigenvalue weighted by Gasteiger charge is -2.13. The Morgan fingerprint density at radius 3 is 2.47 bits per heavy atom. The van der Waals surface area contributed by atoms with E-state index < -0.39 is 0 Å². The minimum Gasteiger partial charge on any atom is -0.318 e. The molecule has 2 nitrogen and oxygen atoms in total. The van der Waals surface area contributed by atoms with Gasteiger partial charge in [0.05, 0.1) is 0 Å². The lowest BCUT2D eigenvalue weighted by molar-refractivity contribution is 0.523. The topological polar surface area (TPSA) is 24.1 Å². The van der Waals surface area contributed by atoms with Gasteiger partial charge < -0.3 is 10.6 Å². The Morgan fingerprint density at radius 1 is 1.27 bits per heavy atom. The highest BCUT2D eigenvalue weighted by atomic mass is 32.2. The number of nitrogens with one attached hydrogen (secondary N) is 2. The summed E-state index contributed by atoms with van der Waals surface area (Å²) < 4.78 is 0. The zero-order valence-electron chi connectivity index (χ0n) is 9.71. The van der Waals surface area contributed by atoms with Crippen molar-refractivity contribution in [3.63, 3.8) is 0 Å². The lowest BCUT2D eigenvalue weighted by Crippen LogP contribution is -2.34. The van der Waals surface area contributed by atoms with E-state index in [1.54, 1.807) is 11.8 Å². The highest BCUT2D eigenvalue weighted by molar-refractivity contribution is 7.98. The first-order valence-electron chi connectivity index (χ1n) is 5.27. The van der Waals surface area contributed by atoms with Crippen molar-refractivity contribution in [3.8, 4) is 0 Å². The molecule has 0 aromatic heterocycles. The number of rotatable bonds is 6. The van der Waals surface area contributed by atoms with Gasteiger partial charge >= 0.3 is 0 Å². The third-order valence-electron chi connectivity index (χ3n) is 2.32. The SMILES string of the molecule is CNCC(C)NCc1ccc(SC)cc1. The van der Waals surface area contributed by atoms with Crippen LogP contribution < -0.4 is 10.6 Å². The lowest BCUT2D eigenvalue weighted by atomic mass is 10.2. The number of likely N-dealkylation sites (N-methyl/N-ethyl adjacent to an activating group) is 1. The second-order valence-corrected chi connectivity index (χ2v) is 4.57.